The summed E-state index contributed by atoms with van der Waals surface area (Å²) in [5.41, 5.74) is 5.83. The number of nitrogen functional groups attached to an aromatic ring is 1. The average molecular weight is 382 g/mol. The van der Waals surface area contributed by atoms with Gasteiger partial charge in [-0.25, -0.2) is 4.98 Å². The van der Waals surface area contributed by atoms with Crippen molar-refractivity contribution in [1.82, 2.24) is 19.5 Å². The maximum atomic E-state index is 12.0. The van der Waals surface area contributed by atoms with E-state index in [9.17, 15) is 9.90 Å². The van der Waals surface area contributed by atoms with E-state index in [1.165, 1.54) is 6.33 Å². The highest BCUT2D eigenvalue weighted by Gasteiger charge is 2.45. The number of hydrogen-bond donors (Lipinski definition) is 3. The Morgan fingerprint density at radius 3 is 2.81 bits per heavy atom. The van der Waals surface area contributed by atoms with Gasteiger partial charge in [-0.2, -0.15) is 4.98 Å². The molecule has 9 nitrogen and oxygen atoms in total. The fourth-order valence-electron chi connectivity index (χ4n) is 2.87. The largest absolute Gasteiger partial charge is 0.411 e. The zero-order chi connectivity index (χ0) is 19.3. The van der Waals surface area contributed by atoms with Crippen molar-refractivity contribution in [1.29, 1.82) is 0 Å². The molecule has 144 valence electrons. The average Bonchev–Trinajstić information content (AvgIpc) is 3.09. The molecular weight excluding hydrogens is 354 g/mol. The number of anilines is 1. The monoisotopic (exact) mass is 381 g/mol. The standard InChI is InChI=1S/C16H27N5O4Si/c1-16(2,3)26(4,5)25-9-6-11(24-10(9)7-22)21-8-18-12-13(21)19-15(17)20-14(12)23/h8-11,22H,6-7H2,1-5H3,(H3,17,19,20,23). The maximum Gasteiger partial charge on any atom is 0.280 e. The van der Waals surface area contributed by atoms with Crippen molar-refractivity contribution >= 4 is 25.4 Å². The summed E-state index contributed by atoms with van der Waals surface area (Å²) in [6, 6.07) is 0. The van der Waals surface area contributed by atoms with Crippen molar-refractivity contribution in [2.24, 2.45) is 0 Å². The molecule has 26 heavy (non-hydrogen) atoms. The summed E-state index contributed by atoms with van der Waals surface area (Å²) >= 11 is 0. The van der Waals surface area contributed by atoms with Crippen molar-refractivity contribution in [3.8, 4) is 0 Å². The molecule has 0 amide bonds. The van der Waals surface area contributed by atoms with E-state index in [0.29, 0.717) is 12.1 Å². The molecule has 1 aliphatic heterocycles. The normalized spacial score (nSPS) is 24.5. The van der Waals surface area contributed by atoms with Gasteiger partial charge >= 0.3 is 0 Å². The van der Waals surface area contributed by atoms with Crippen LogP contribution in [-0.2, 0) is 9.16 Å². The second-order valence-electron chi connectivity index (χ2n) is 8.24. The molecule has 3 atom stereocenters. The lowest BCUT2D eigenvalue weighted by atomic mass is 10.2. The summed E-state index contributed by atoms with van der Waals surface area (Å²) in [4.78, 5) is 22.7. The molecule has 10 heteroatoms. The number of nitrogens with two attached hydrogens (primary N) is 1. The van der Waals surface area contributed by atoms with Gasteiger partial charge in [-0.3, -0.25) is 14.3 Å². The highest BCUT2D eigenvalue weighted by atomic mass is 28.4. The second-order valence-corrected chi connectivity index (χ2v) is 13.0. The van der Waals surface area contributed by atoms with E-state index >= 15 is 0 Å². The molecule has 3 unspecified atom stereocenters. The van der Waals surface area contributed by atoms with Crippen LogP contribution < -0.4 is 11.3 Å². The molecule has 1 saturated heterocycles. The summed E-state index contributed by atoms with van der Waals surface area (Å²) in [6.45, 7) is 10.7. The van der Waals surface area contributed by atoms with Gasteiger partial charge in [0.2, 0.25) is 5.95 Å². The quantitative estimate of drug-likeness (QED) is 0.682. The number of nitrogens with zero attached hydrogens (tertiary/aromatic N) is 3. The molecule has 0 aromatic carbocycles. The first-order chi connectivity index (χ1) is 12.0. The summed E-state index contributed by atoms with van der Waals surface area (Å²) in [6.07, 6.45) is 0.951. The lowest BCUT2D eigenvalue weighted by Gasteiger charge is -2.39. The third-order valence-corrected chi connectivity index (χ3v) is 9.88. The predicted octanol–water partition coefficient (Wildman–Crippen LogP) is 1.37. The zero-order valence-electron chi connectivity index (χ0n) is 15.8. The van der Waals surface area contributed by atoms with Gasteiger partial charge in [-0.15, -0.1) is 0 Å². The molecule has 0 aliphatic carbocycles. The van der Waals surface area contributed by atoms with E-state index in [0.717, 1.165) is 0 Å². The minimum atomic E-state index is -2.02. The van der Waals surface area contributed by atoms with E-state index < -0.39 is 26.2 Å². The second kappa shape index (κ2) is 6.45. The molecular formula is C16H27N5O4Si. The Balaban J connectivity index is 1.89. The van der Waals surface area contributed by atoms with Crippen molar-refractivity contribution in [2.75, 3.05) is 12.3 Å². The number of H-pyrrole nitrogens is 1. The van der Waals surface area contributed by atoms with E-state index in [-0.39, 0.29) is 29.2 Å². The molecule has 2 aromatic heterocycles. The molecule has 0 radical (unpaired) electrons. The van der Waals surface area contributed by atoms with Gasteiger partial charge in [0.25, 0.3) is 5.56 Å². The van der Waals surface area contributed by atoms with Crippen LogP contribution in [0.2, 0.25) is 18.1 Å². The topological polar surface area (TPSA) is 128 Å². The first kappa shape index (κ1) is 19.0. The first-order valence-electron chi connectivity index (χ1n) is 8.70. The highest BCUT2D eigenvalue weighted by Crippen LogP contribution is 2.41. The Morgan fingerprint density at radius 2 is 2.19 bits per heavy atom. The van der Waals surface area contributed by atoms with Gasteiger partial charge in [0.15, 0.2) is 19.5 Å². The van der Waals surface area contributed by atoms with Crippen LogP contribution in [0.25, 0.3) is 11.2 Å². The molecule has 3 heterocycles. The summed E-state index contributed by atoms with van der Waals surface area (Å²) in [5, 5.41) is 9.80. The Morgan fingerprint density at radius 1 is 1.50 bits per heavy atom. The minimum Gasteiger partial charge on any atom is -0.411 e. The van der Waals surface area contributed by atoms with Crippen LogP contribution in [0.3, 0.4) is 0 Å². The number of rotatable bonds is 4. The molecule has 0 saturated carbocycles. The third-order valence-electron chi connectivity index (χ3n) is 5.37. The van der Waals surface area contributed by atoms with Crippen molar-refractivity contribution in [2.45, 2.75) is 63.8 Å². The lowest BCUT2D eigenvalue weighted by Crippen LogP contribution is -2.46. The van der Waals surface area contributed by atoms with E-state index in [2.05, 4.69) is 48.8 Å². The van der Waals surface area contributed by atoms with Crippen LogP contribution in [0, 0.1) is 0 Å². The Bertz CT molecular complexity index is 856. The molecule has 3 rings (SSSR count). The zero-order valence-corrected chi connectivity index (χ0v) is 16.8. The number of aliphatic hydroxyl groups is 1. The van der Waals surface area contributed by atoms with Crippen LogP contribution in [0.4, 0.5) is 5.95 Å². The number of hydrogen-bond acceptors (Lipinski definition) is 7. The minimum absolute atomic E-state index is 0.0232. The highest BCUT2D eigenvalue weighted by molar-refractivity contribution is 6.74. The molecule has 1 fully saturated rings. The van der Waals surface area contributed by atoms with Crippen LogP contribution >= 0.6 is 0 Å². The van der Waals surface area contributed by atoms with E-state index in [1.54, 1.807) is 4.57 Å². The van der Waals surface area contributed by atoms with Crippen LogP contribution in [-0.4, -0.2) is 51.8 Å². The van der Waals surface area contributed by atoms with E-state index in [4.69, 9.17) is 14.9 Å². The fourth-order valence-corrected chi connectivity index (χ4v) is 4.23. The lowest BCUT2D eigenvalue weighted by molar-refractivity contribution is -0.0410. The van der Waals surface area contributed by atoms with Gasteiger partial charge in [0, 0.05) is 6.42 Å². The summed E-state index contributed by atoms with van der Waals surface area (Å²) in [5.74, 6) is 0.0232. The number of ether oxygens (including phenoxy) is 1. The third kappa shape index (κ3) is 3.29. The molecule has 2 aromatic rings. The van der Waals surface area contributed by atoms with Crippen molar-refractivity contribution < 1.29 is 14.3 Å². The Hall–Kier alpha value is -1.75. The van der Waals surface area contributed by atoms with Gasteiger partial charge in [0.1, 0.15) is 12.3 Å². The number of aromatic nitrogens is 4. The van der Waals surface area contributed by atoms with Gasteiger partial charge in [-0.05, 0) is 18.1 Å². The Labute approximate surface area is 152 Å². The number of aromatic amines is 1. The smallest absolute Gasteiger partial charge is 0.280 e. The Kier molecular flexibility index (Phi) is 4.72. The number of imidazole rings is 1. The van der Waals surface area contributed by atoms with Crippen LogP contribution in [0.5, 0.6) is 0 Å². The van der Waals surface area contributed by atoms with Crippen molar-refractivity contribution in [3.05, 3.63) is 16.7 Å². The van der Waals surface area contributed by atoms with Crippen LogP contribution in [0.1, 0.15) is 33.4 Å². The maximum absolute atomic E-state index is 12.0. The number of fused-ring (bicyclic) bond motifs is 1. The molecule has 1 aliphatic rings. The SMILES string of the molecule is CC(C)(C)[Si](C)(C)OC1CC(n2cnc3c(=O)[nH]c(N)nc32)OC1CO. The first-order valence-corrected chi connectivity index (χ1v) is 11.6. The molecule has 4 N–H and O–H groups in total. The number of nitrogens with one attached hydrogen (secondary N) is 1. The van der Waals surface area contributed by atoms with Gasteiger partial charge < -0.3 is 20.0 Å². The van der Waals surface area contributed by atoms with Gasteiger partial charge in [-0.1, -0.05) is 20.8 Å². The van der Waals surface area contributed by atoms with Crippen LogP contribution in [0.15, 0.2) is 11.1 Å². The van der Waals surface area contributed by atoms with E-state index in [1.807, 2.05) is 0 Å². The number of aliphatic hydroxyl groups excluding tert-OH is 1. The van der Waals surface area contributed by atoms with Crippen molar-refractivity contribution in [3.63, 3.8) is 0 Å². The molecule has 0 spiro atoms. The van der Waals surface area contributed by atoms with Gasteiger partial charge in [0.05, 0.1) is 19.0 Å². The molecule has 0 bridgehead atoms. The summed E-state index contributed by atoms with van der Waals surface area (Å²) in [7, 11) is -2.02. The predicted molar refractivity (Wildman–Crippen MR) is 100 cm³/mol. The fraction of sp³-hybridized carbons (Fsp3) is 0.688. The summed E-state index contributed by atoms with van der Waals surface area (Å²) < 4.78 is 14.1.